The van der Waals surface area contributed by atoms with E-state index in [0.717, 1.165) is 0 Å². The van der Waals surface area contributed by atoms with Crippen LogP contribution in [-0.4, -0.2) is 15.5 Å². The van der Waals surface area contributed by atoms with E-state index >= 15 is 0 Å². The second-order valence-corrected chi connectivity index (χ2v) is 4.11. The second-order valence-electron chi connectivity index (χ2n) is 2.56. The van der Waals surface area contributed by atoms with Crippen molar-refractivity contribution in [2.24, 2.45) is 5.41 Å². The van der Waals surface area contributed by atoms with Gasteiger partial charge in [0.05, 0.1) is 0 Å². The first-order valence-electron chi connectivity index (χ1n) is 2.47. The molecule has 0 saturated carbocycles. The van der Waals surface area contributed by atoms with Crippen LogP contribution < -0.4 is 0 Å². The van der Waals surface area contributed by atoms with Crippen LogP contribution in [0.4, 0.5) is 0 Å². The SMILES string of the molecule is CC(C)(CCl)C(O)(Cl)Cl. The summed E-state index contributed by atoms with van der Waals surface area (Å²) in [5, 5.41) is 8.99. The molecular formula is C5H9Cl3O. The van der Waals surface area contributed by atoms with Gasteiger partial charge in [0.1, 0.15) is 0 Å². The Bertz CT molecular complexity index is 94.9. The first-order chi connectivity index (χ1) is 3.81. The highest BCUT2D eigenvalue weighted by molar-refractivity contribution is 6.47. The fraction of sp³-hybridized carbons (Fsp3) is 1.00. The Hall–Kier alpha value is 0.830. The zero-order valence-electron chi connectivity index (χ0n) is 5.29. The molecule has 56 valence electrons. The lowest BCUT2D eigenvalue weighted by Gasteiger charge is -2.30. The minimum atomic E-state index is -1.74. The average Bonchev–Trinajstić information content (AvgIpc) is 1.64. The molecule has 1 N–H and O–H groups in total. The molecule has 0 aliphatic heterocycles. The Kier molecular flexibility index (Phi) is 3.09. The molecule has 0 aliphatic rings. The number of alkyl halides is 3. The molecule has 0 fully saturated rings. The maximum absolute atomic E-state index is 8.99. The van der Waals surface area contributed by atoms with Gasteiger partial charge in [-0.15, -0.1) is 11.6 Å². The van der Waals surface area contributed by atoms with Crippen LogP contribution in [0.1, 0.15) is 13.8 Å². The first-order valence-corrected chi connectivity index (χ1v) is 3.76. The second kappa shape index (κ2) is 2.83. The van der Waals surface area contributed by atoms with Gasteiger partial charge < -0.3 is 5.11 Å². The maximum Gasteiger partial charge on any atom is 0.221 e. The van der Waals surface area contributed by atoms with E-state index in [2.05, 4.69) is 0 Å². The lowest BCUT2D eigenvalue weighted by atomic mass is 9.97. The molecule has 0 unspecified atom stereocenters. The van der Waals surface area contributed by atoms with E-state index in [1.54, 1.807) is 13.8 Å². The standard InChI is InChI=1S/C5H9Cl3O/c1-4(2,3-6)5(7,8)9/h9H,3H2,1-2H3. The summed E-state index contributed by atoms with van der Waals surface area (Å²) in [6.45, 7) is 3.36. The van der Waals surface area contributed by atoms with Crippen molar-refractivity contribution in [1.82, 2.24) is 0 Å². The fourth-order valence-electron chi connectivity index (χ4n) is 0.0804. The van der Waals surface area contributed by atoms with Crippen molar-refractivity contribution in [3.8, 4) is 0 Å². The van der Waals surface area contributed by atoms with Crippen LogP contribution in [-0.2, 0) is 0 Å². The monoisotopic (exact) mass is 190 g/mol. The minimum absolute atomic E-state index is 0.219. The van der Waals surface area contributed by atoms with Gasteiger partial charge >= 0.3 is 0 Å². The van der Waals surface area contributed by atoms with E-state index in [1.165, 1.54) is 0 Å². The fourth-order valence-corrected chi connectivity index (χ4v) is 0.544. The highest BCUT2D eigenvalue weighted by atomic mass is 35.5. The highest BCUT2D eigenvalue weighted by Crippen LogP contribution is 2.38. The van der Waals surface area contributed by atoms with Gasteiger partial charge in [-0.05, 0) is 0 Å². The van der Waals surface area contributed by atoms with Crippen LogP contribution in [0.3, 0.4) is 0 Å². The summed E-state index contributed by atoms with van der Waals surface area (Å²) >= 11 is 16.2. The molecule has 9 heavy (non-hydrogen) atoms. The maximum atomic E-state index is 8.99. The van der Waals surface area contributed by atoms with E-state index < -0.39 is 9.93 Å². The molecule has 4 heteroatoms. The normalized spacial score (nSPS) is 14.0. The van der Waals surface area contributed by atoms with Gasteiger partial charge in [-0.25, -0.2) is 0 Å². The molecule has 0 amide bonds. The Morgan fingerprint density at radius 1 is 1.33 bits per heavy atom. The van der Waals surface area contributed by atoms with E-state index in [0.29, 0.717) is 0 Å². The molecule has 0 spiro atoms. The Morgan fingerprint density at radius 3 is 1.67 bits per heavy atom. The minimum Gasteiger partial charge on any atom is -0.362 e. The Balaban J connectivity index is 4.14. The van der Waals surface area contributed by atoms with Gasteiger partial charge in [0, 0.05) is 11.3 Å². The third-order valence-electron chi connectivity index (χ3n) is 1.15. The Morgan fingerprint density at radius 2 is 1.67 bits per heavy atom. The summed E-state index contributed by atoms with van der Waals surface area (Å²) in [7, 11) is 0. The molecule has 0 aromatic carbocycles. The number of hydrogen-bond acceptors (Lipinski definition) is 1. The van der Waals surface area contributed by atoms with Crippen LogP contribution in [0.5, 0.6) is 0 Å². The van der Waals surface area contributed by atoms with Gasteiger partial charge in [-0.3, -0.25) is 0 Å². The summed E-state index contributed by atoms with van der Waals surface area (Å²) in [5.41, 5.74) is -0.669. The van der Waals surface area contributed by atoms with Crippen molar-refractivity contribution in [3.05, 3.63) is 0 Å². The van der Waals surface area contributed by atoms with Gasteiger partial charge in [0.25, 0.3) is 0 Å². The summed E-state index contributed by atoms with van der Waals surface area (Å²) in [6.07, 6.45) is 0. The van der Waals surface area contributed by atoms with Crippen molar-refractivity contribution >= 4 is 34.8 Å². The predicted octanol–water partition coefficient (Wildman–Crippen LogP) is 2.38. The molecular weight excluding hydrogens is 182 g/mol. The summed E-state index contributed by atoms with van der Waals surface area (Å²) in [5.74, 6) is 0.219. The van der Waals surface area contributed by atoms with E-state index in [-0.39, 0.29) is 5.88 Å². The number of aliphatic hydroxyl groups is 1. The van der Waals surface area contributed by atoms with Crippen LogP contribution in [0.25, 0.3) is 0 Å². The molecule has 0 bridgehead atoms. The first kappa shape index (κ1) is 9.83. The highest BCUT2D eigenvalue weighted by Gasteiger charge is 2.39. The van der Waals surface area contributed by atoms with Crippen molar-refractivity contribution in [3.63, 3.8) is 0 Å². The lowest BCUT2D eigenvalue weighted by Crippen LogP contribution is -2.35. The summed E-state index contributed by atoms with van der Waals surface area (Å²) in [6, 6.07) is 0. The quantitative estimate of drug-likeness (QED) is 0.665. The van der Waals surface area contributed by atoms with Crippen LogP contribution in [0.15, 0.2) is 0 Å². The molecule has 0 rings (SSSR count). The smallest absolute Gasteiger partial charge is 0.221 e. The van der Waals surface area contributed by atoms with Crippen molar-refractivity contribution in [2.45, 2.75) is 18.4 Å². The van der Waals surface area contributed by atoms with Crippen LogP contribution in [0.2, 0.25) is 0 Å². The molecule has 0 atom stereocenters. The number of hydrogen-bond donors (Lipinski definition) is 1. The van der Waals surface area contributed by atoms with Gasteiger partial charge in [0.15, 0.2) is 0 Å². The zero-order valence-corrected chi connectivity index (χ0v) is 7.56. The van der Waals surface area contributed by atoms with Crippen molar-refractivity contribution < 1.29 is 5.11 Å². The summed E-state index contributed by atoms with van der Waals surface area (Å²) < 4.78 is -1.74. The molecule has 0 radical (unpaired) electrons. The average molecular weight is 191 g/mol. The molecule has 0 saturated heterocycles. The van der Waals surface area contributed by atoms with Crippen LogP contribution in [0, 0.1) is 5.41 Å². The molecule has 1 nitrogen and oxygen atoms in total. The van der Waals surface area contributed by atoms with Crippen molar-refractivity contribution in [2.75, 3.05) is 5.88 Å². The third-order valence-corrected chi connectivity index (χ3v) is 2.84. The molecule has 0 aromatic heterocycles. The molecule has 0 aliphatic carbocycles. The number of halogens is 3. The third kappa shape index (κ3) is 2.50. The Labute approximate surface area is 69.9 Å². The predicted molar refractivity (Wildman–Crippen MR) is 41.2 cm³/mol. The van der Waals surface area contributed by atoms with E-state index in [4.69, 9.17) is 39.9 Å². The number of rotatable bonds is 2. The van der Waals surface area contributed by atoms with Gasteiger partial charge in [-0.1, -0.05) is 37.0 Å². The molecule has 0 aromatic rings. The van der Waals surface area contributed by atoms with Crippen molar-refractivity contribution in [1.29, 1.82) is 0 Å². The van der Waals surface area contributed by atoms with Gasteiger partial charge in [0.2, 0.25) is 4.52 Å². The largest absolute Gasteiger partial charge is 0.362 e. The molecule has 0 heterocycles. The van der Waals surface area contributed by atoms with Gasteiger partial charge in [-0.2, -0.15) is 0 Å². The zero-order chi connectivity index (χ0) is 7.71. The van der Waals surface area contributed by atoms with E-state index in [1.807, 2.05) is 0 Å². The topological polar surface area (TPSA) is 20.2 Å². The summed E-state index contributed by atoms with van der Waals surface area (Å²) in [4.78, 5) is 0. The lowest BCUT2D eigenvalue weighted by molar-refractivity contribution is 0.0986. The van der Waals surface area contributed by atoms with Crippen LogP contribution >= 0.6 is 34.8 Å². The van der Waals surface area contributed by atoms with E-state index in [9.17, 15) is 0 Å².